The van der Waals surface area contributed by atoms with Crippen molar-refractivity contribution in [3.05, 3.63) is 42.0 Å². The number of carbonyl (C=O) groups is 1. The average Bonchev–Trinajstić information content (AvgIpc) is 3.19. The molecule has 6 rings (SSSR count). The molecule has 3 N–H and O–H groups in total. The first-order valence-electron chi connectivity index (χ1n) is 10.8. The van der Waals surface area contributed by atoms with Crippen LogP contribution in [0.2, 0.25) is 0 Å². The van der Waals surface area contributed by atoms with Gasteiger partial charge < -0.3 is 0 Å². The van der Waals surface area contributed by atoms with E-state index < -0.39 is 0 Å². The van der Waals surface area contributed by atoms with Crippen molar-refractivity contribution >= 4 is 18.2 Å². The predicted molar refractivity (Wildman–Crippen MR) is 111 cm³/mol. The van der Waals surface area contributed by atoms with Crippen LogP contribution in [0.5, 0.6) is 0 Å². The van der Waals surface area contributed by atoms with Gasteiger partial charge in [0, 0.05) is 12.3 Å². The fourth-order valence-corrected chi connectivity index (χ4v) is 6.67. The van der Waals surface area contributed by atoms with Crippen LogP contribution in [-0.4, -0.2) is 24.2 Å². The third-order valence-electron chi connectivity index (χ3n) is 7.47. The Labute approximate surface area is 167 Å². The van der Waals surface area contributed by atoms with E-state index in [9.17, 15) is 4.79 Å². The predicted octanol–water partition coefficient (Wildman–Crippen LogP) is 3.25. The van der Waals surface area contributed by atoms with Gasteiger partial charge in [0.25, 0.3) is 5.91 Å². The maximum absolute atomic E-state index is 12.5. The molecule has 0 spiro atoms. The smallest absolute Gasteiger partial charge is 0.258 e. The van der Waals surface area contributed by atoms with Gasteiger partial charge in [-0.1, -0.05) is 36.4 Å². The Morgan fingerprint density at radius 2 is 1.68 bits per heavy atom. The molecular formula is C23H30N4O. The second kappa shape index (κ2) is 7.45. The van der Waals surface area contributed by atoms with Crippen molar-refractivity contribution in [2.75, 3.05) is 0 Å². The summed E-state index contributed by atoms with van der Waals surface area (Å²) in [5.41, 5.74) is 10.9. The van der Waals surface area contributed by atoms with E-state index >= 15 is 0 Å². The molecule has 5 nitrogen and oxygen atoms in total. The van der Waals surface area contributed by atoms with Crippen molar-refractivity contribution in [1.29, 1.82) is 0 Å². The molecule has 1 aromatic rings. The maximum atomic E-state index is 12.5. The molecule has 0 radical (unpaired) electrons. The van der Waals surface area contributed by atoms with E-state index in [2.05, 4.69) is 21.4 Å². The Morgan fingerprint density at radius 1 is 1.00 bits per heavy atom. The van der Waals surface area contributed by atoms with Crippen LogP contribution in [0.4, 0.5) is 0 Å². The van der Waals surface area contributed by atoms with Crippen LogP contribution in [0.15, 0.2) is 41.5 Å². The van der Waals surface area contributed by atoms with Gasteiger partial charge in [0.05, 0.1) is 0 Å². The number of nitrogens with one attached hydrogen (secondary N) is 3. The lowest BCUT2D eigenvalue weighted by Gasteiger charge is -2.59. The summed E-state index contributed by atoms with van der Waals surface area (Å²) in [7, 11) is 0. The first-order chi connectivity index (χ1) is 13.7. The first kappa shape index (κ1) is 18.1. The molecule has 2 atom stereocenters. The molecule has 0 aromatic heterocycles. The number of hydrazine groups is 1. The topological polar surface area (TPSA) is 65.5 Å². The minimum absolute atomic E-state index is 0.0518. The maximum Gasteiger partial charge on any atom is 0.258 e. The van der Waals surface area contributed by atoms with Crippen molar-refractivity contribution in [3.63, 3.8) is 0 Å². The molecule has 4 bridgehead atoms. The van der Waals surface area contributed by atoms with Crippen LogP contribution in [0.3, 0.4) is 0 Å². The van der Waals surface area contributed by atoms with Gasteiger partial charge in [0.2, 0.25) is 0 Å². The normalized spacial score (nSPS) is 39.2. The van der Waals surface area contributed by atoms with Gasteiger partial charge in [-0.25, -0.2) is 10.9 Å². The van der Waals surface area contributed by atoms with E-state index in [-0.39, 0.29) is 11.9 Å². The molecular weight excluding hydrogens is 348 g/mol. The zero-order valence-corrected chi connectivity index (χ0v) is 16.3. The average molecular weight is 379 g/mol. The van der Waals surface area contributed by atoms with E-state index in [0.717, 1.165) is 29.7 Å². The molecule has 1 heterocycles. The van der Waals surface area contributed by atoms with E-state index in [0.29, 0.717) is 11.5 Å². The van der Waals surface area contributed by atoms with Gasteiger partial charge in [0.1, 0.15) is 6.04 Å². The highest BCUT2D eigenvalue weighted by atomic mass is 16.2. The summed E-state index contributed by atoms with van der Waals surface area (Å²) in [6.45, 7) is 0. The van der Waals surface area contributed by atoms with Crippen molar-refractivity contribution in [1.82, 2.24) is 16.3 Å². The number of amides is 1. The number of carbonyl (C=O) groups excluding carboxylic acids is 1. The number of benzene rings is 1. The second-order valence-electron chi connectivity index (χ2n) is 9.43. The van der Waals surface area contributed by atoms with E-state index in [1.165, 1.54) is 38.5 Å². The third-order valence-corrected chi connectivity index (χ3v) is 7.47. The molecule has 1 aromatic carbocycles. The van der Waals surface area contributed by atoms with Gasteiger partial charge in [-0.15, -0.1) is 0 Å². The van der Waals surface area contributed by atoms with Gasteiger partial charge in [0.15, 0.2) is 0 Å². The van der Waals surface area contributed by atoms with Gasteiger partial charge in [-0.05, 0) is 79.8 Å². The summed E-state index contributed by atoms with van der Waals surface area (Å²) in [5, 5.41) is 4.07. The molecule has 148 valence electrons. The fourth-order valence-electron chi connectivity index (χ4n) is 6.67. The lowest BCUT2D eigenvalue weighted by molar-refractivity contribution is -0.123. The van der Waals surface area contributed by atoms with Gasteiger partial charge in [-0.3, -0.25) is 10.2 Å². The quantitative estimate of drug-likeness (QED) is 0.544. The van der Waals surface area contributed by atoms with Crippen LogP contribution in [0, 0.1) is 23.2 Å². The van der Waals surface area contributed by atoms with Crippen molar-refractivity contribution in [2.45, 2.75) is 57.0 Å². The Kier molecular flexibility index (Phi) is 4.81. The Hall–Kier alpha value is -1.98. The number of nitrogens with zero attached hydrogens (tertiary/aromatic N) is 1. The van der Waals surface area contributed by atoms with E-state index in [4.69, 9.17) is 0 Å². The molecule has 5 aliphatic rings. The molecule has 28 heavy (non-hydrogen) atoms. The Balaban J connectivity index is 1.14. The van der Waals surface area contributed by atoms with Crippen molar-refractivity contribution in [3.8, 4) is 0 Å². The molecule has 5 heteroatoms. The number of hydrazone groups is 1. The number of hydrogen-bond donors (Lipinski definition) is 3. The fraction of sp³-hybridized carbons (Fsp3) is 0.565. The summed E-state index contributed by atoms with van der Waals surface area (Å²) in [6.07, 6.45) is 14.7. The van der Waals surface area contributed by atoms with Crippen molar-refractivity contribution in [2.24, 2.45) is 28.3 Å². The highest BCUT2D eigenvalue weighted by Crippen LogP contribution is 2.61. The van der Waals surface area contributed by atoms with Crippen LogP contribution in [0.1, 0.15) is 50.5 Å². The van der Waals surface area contributed by atoms with E-state index in [1.54, 1.807) is 6.21 Å². The van der Waals surface area contributed by atoms with Crippen LogP contribution in [0.25, 0.3) is 6.08 Å². The molecule has 4 aliphatic carbocycles. The monoisotopic (exact) mass is 378 g/mol. The van der Waals surface area contributed by atoms with Crippen LogP contribution in [-0.2, 0) is 4.79 Å². The number of allylic oxidation sites excluding steroid dienone is 1. The first-order valence-corrected chi connectivity index (χ1v) is 10.8. The lowest BCUT2D eigenvalue weighted by atomic mass is 9.47. The lowest BCUT2D eigenvalue weighted by Crippen LogP contribution is -2.55. The van der Waals surface area contributed by atoms with Crippen molar-refractivity contribution < 1.29 is 4.79 Å². The van der Waals surface area contributed by atoms with E-state index in [1.807, 2.05) is 42.5 Å². The largest absolute Gasteiger partial charge is 0.271 e. The Morgan fingerprint density at radius 3 is 2.36 bits per heavy atom. The molecule has 1 saturated heterocycles. The van der Waals surface area contributed by atoms with Crippen LogP contribution < -0.4 is 16.3 Å². The van der Waals surface area contributed by atoms with Crippen LogP contribution >= 0.6 is 0 Å². The molecule has 1 amide bonds. The SMILES string of the molecule is O=C(N/N=C/C=C/c1ccccc1)C1CC(C23CC4CC(CC(C4)C2)C3)NN1. The van der Waals surface area contributed by atoms with Gasteiger partial charge in [-0.2, -0.15) is 5.10 Å². The highest BCUT2D eigenvalue weighted by Gasteiger charge is 2.55. The summed E-state index contributed by atoms with van der Waals surface area (Å²) in [4.78, 5) is 12.5. The highest BCUT2D eigenvalue weighted by molar-refractivity contribution is 5.84. The molecule has 4 saturated carbocycles. The summed E-state index contributed by atoms with van der Waals surface area (Å²) in [6, 6.07) is 10.3. The number of hydrogen-bond acceptors (Lipinski definition) is 4. The number of rotatable bonds is 5. The second-order valence-corrected chi connectivity index (χ2v) is 9.43. The molecule has 5 fully saturated rings. The molecule has 2 unspecified atom stereocenters. The zero-order chi connectivity index (χ0) is 19.0. The van der Waals surface area contributed by atoms with Gasteiger partial charge >= 0.3 is 0 Å². The zero-order valence-electron chi connectivity index (χ0n) is 16.3. The summed E-state index contributed by atoms with van der Waals surface area (Å²) < 4.78 is 0. The Bertz CT molecular complexity index is 737. The summed E-state index contributed by atoms with van der Waals surface area (Å²) >= 11 is 0. The molecule has 1 aliphatic heterocycles. The summed E-state index contributed by atoms with van der Waals surface area (Å²) in [5.74, 6) is 2.75. The minimum atomic E-state index is -0.201. The minimum Gasteiger partial charge on any atom is -0.271 e. The third kappa shape index (κ3) is 3.53. The standard InChI is InChI=1S/C23H30N4O/c28-22(27-24-8-4-7-16-5-2-1-3-6-16)20-12-21(26-25-20)23-13-17-9-18(14-23)11-19(10-17)15-23/h1-8,17-21,25-26H,9-15H2,(H,27,28)/b7-4+,24-8+.